The van der Waals surface area contributed by atoms with Crippen molar-refractivity contribution in [2.24, 2.45) is 16.7 Å². The number of hydrogen-bond acceptors (Lipinski definition) is 2. The molecule has 2 aliphatic rings. The molecule has 3 rings (SSSR count). The van der Waals surface area contributed by atoms with Crippen molar-refractivity contribution in [3.63, 3.8) is 0 Å². The number of benzene rings is 1. The van der Waals surface area contributed by atoms with Crippen LogP contribution in [0.4, 0.5) is 5.69 Å². The van der Waals surface area contributed by atoms with Crippen LogP contribution in [0.1, 0.15) is 50.4 Å². The van der Waals surface area contributed by atoms with Gasteiger partial charge < -0.3 is 11.1 Å². The van der Waals surface area contributed by atoms with Crippen LogP contribution in [0.5, 0.6) is 0 Å². The monoisotopic (exact) mass is 272 g/mol. The predicted molar refractivity (Wildman–Crippen MR) is 81.3 cm³/mol. The molecule has 1 amide bonds. The molecule has 3 nitrogen and oxygen atoms in total. The summed E-state index contributed by atoms with van der Waals surface area (Å²) in [6.45, 7) is 6.91. The molecule has 1 aromatic rings. The quantitative estimate of drug-likeness (QED) is 0.812. The minimum Gasteiger partial charge on any atom is -0.398 e. The summed E-state index contributed by atoms with van der Waals surface area (Å²) in [5, 5.41) is 3.28. The van der Waals surface area contributed by atoms with E-state index in [1.54, 1.807) is 12.1 Å². The number of nitrogen functional groups attached to an aromatic ring is 1. The van der Waals surface area contributed by atoms with Crippen molar-refractivity contribution in [3.05, 3.63) is 29.8 Å². The second kappa shape index (κ2) is 4.24. The third-order valence-corrected chi connectivity index (χ3v) is 5.75. The van der Waals surface area contributed by atoms with Gasteiger partial charge in [-0.25, -0.2) is 0 Å². The summed E-state index contributed by atoms with van der Waals surface area (Å²) in [7, 11) is 0. The number of carbonyl (C=O) groups is 1. The van der Waals surface area contributed by atoms with E-state index < -0.39 is 0 Å². The molecule has 108 valence electrons. The summed E-state index contributed by atoms with van der Waals surface area (Å²) in [6.07, 6.45) is 3.74. The molecule has 2 fully saturated rings. The van der Waals surface area contributed by atoms with Crippen LogP contribution in [0.3, 0.4) is 0 Å². The maximum absolute atomic E-state index is 12.5. The SMILES string of the molecule is CC12CCC(C1)C(C)(C)C2NC(=O)c1ccccc1N. The predicted octanol–water partition coefficient (Wildman–Crippen LogP) is 3.21. The van der Waals surface area contributed by atoms with E-state index >= 15 is 0 Å². The largest absolute Gasteiger partial charge is 0.398 e. The average molecular weight is 272 g/mol. The van der Waals surface area contributed by atoms with Crippen LogP contribution >= 0.6 is 0 Å². The second-order valence-electron chi connectivity index (χ2n) is 7.41. The van der Waals surface area contributed by atoms with Crippen molar-refractivity contribution in [1.82, 2.24) is 5.32 Å². The Morgan fingerprint density at radius 1 is 1.30 bits per heavy atom. The first-order valence-electron chi connectivity index (χ1n) is 7.50. The smallest absolute Gasteiger partial charge is 0.253 e. The Balaban J connectivity index is 1.85. The molecule has 2 saturated carbocycles. The lowest BCUT2D eigenvalue weighted by atomic mass is 9.68. The third-order valence-electron chi connectivity index (χ3n) is 5.75. The Morgan fingerprint density at radius 2 is 2.00 bits per heavy atom. The average Bonchev–Trinajstić information content (AvgIpc) is 2.86. The van der Waals surface area contributed by atoms with E-state index in [0.29, 0.717) is 11.3 Å². The van der Waals surface area contributed by atoms with Gasteiger partial charge in [0.2, 0.25) is 0 Å². The Kier molecular flexibility index (Phi) is 2.86. The Hall–Kier alpha value is -1.51. The number of amides is 1. The molecule has 20 heavy (non-hydrogen) atoms. The number of hydrogen-bond donors (Lipinski definition) is 2. The van der Waals surface area contributed by atoms with E-state index in [2.05, 4.69) is 26.1 Å². The first-order chi connectivity index (χ1) is 9.34. The van der Waals surface area contributed by atoms with Crippen molar-refractivity contribution < 1.29 is 4.79 Å². The van der Waals surface area contributed by atoms with Crippen LogP contribution < -0.4 is 11.1 Å². The Morgan fingerprint density at radius 3 is 2.60 bits per heavy atom. The number of fused-ring (bicyclic) bond motifs is 2. The molecule has 3 unspecified atom stereocenters. The van der Waals surface area contributed by atoms with Crippen LogP contribution in [-0.2, 0) is 0 Å². The normalized spacial score (nSPS) is 34.1. The van der Waals surface area contributed by atoms with Crippen LogP contribution in [0.2, 0.25) is 0 Å². The molecular weight excluding hydrogens is 248 g/mol. The fourth-order valence-corrected chi connectivity index (χ4v) is 4.57. The van der Waals surface area contributed by atoms with Gasteiger partial charge in [0.25, 0.3) is 5.91 Å². The summed E-state index contributed by atoms with van der Waals surface area (Å²) in [5.41, 5.74) is 7.47. The van der Waals surface area contributed by atoms with Gasteiger partial charge in [0, 0.05) is 11.7 Å². The zero-order chi connectivity index (χ0) is 14.5. The number of carbonyl (C=O) groups excluding carboxylic acids is 1. The fraction of sp³-hybridized carbons (Fsp3) is 0.588. The minimum atomic E-state index is -0.0325. The maximum atomic E-state index is 12.5. The van der Waals surface area contributed by atoms with Gasteiger partial charge in [0.1, 0.15) is 0 Å². The van der Waals surface area contributed by atoms with Gasteiger partial charge in [-0.15, -0.1) is 0 Å². The lowest BCUT2D eigenvalue weighted by Crippen LogP contribution is -2.52. The van der Waals surface area contributed by atoms with E-state index in [4.69, 9.17) is 5.73 Å². The van der Waals surface area contributed by atoms with Crippen LogP contribution in [0, 0.1) is 16.7 Å². The highest BCUT2D eigenvalue weighted by Gasteiger charge is 2.59. The van der Waals surface area contributed by atoms with Gasteiger partial charge >= 0.3 is 0 Å². The number of nitrogens with one attached hydrogen (secondary N) is 1. The lowest BCUT2D eigenvalue weighted by Gasteiger charge is -2.43. The molecule has 3 heteroatoms. The van der Waals surface area contributed by atoms with Gasteiger partial charge in [-0.2, -0.15) is 0 Å². The highest BCUT2D eigenvalue weighted by atomic mass is 16.1. The molecular formula is C17H24N2O. The van der Waals surface area contributed by atoms with Crippen molar-refractivity contribution in [2.75, 3.05) is 5.73 Å². The molecule has 0 aromatic heterocycles. The zero-order valence-corrected chi connectivity index (χ0v) is 12.6. The maximum Gasteiger partial charge on any atom is 0.253 e. The molecule has 3 atom stereocenters. The van der Waals surface area contributed by atoms with E-state index in [1.807, 2.05) is 12.1 Å². The summed E-state index contributed by atoms with van der Waals surface area (Å²) >= 11 is 0. The molecule has 0 heterocycles. The first-order valence-corrected chi connectivity index (χ1v) is 7.50. The van der Waals surface area contributed by atoms with Crippen LogP contribution in [0.15, 0.2) is 24.3 Å². The summed E-state index contributed by atoms with van der Waals surface area (Å²) < 4.78 is 0. The summed E-state index contributed by atoms with van der Waals surface area (Å²) in [6, 6.07) is 7.53. The third kappa shape index (κ3) is 1.83. The van der Waals surface area contributed by atoms with E-state index in [0.717, 1.165) is 5.92 Å². The van der Waals surface area contributed by atoms with Gasteiger partial charge in [0.05, 0.1) is 5.56 Å². The minimum absolute atomic E-state index is 0.0325. The van der Waals surface area contributed by atoms with E-state index in [-0.39, 0.29) is 22.8 Å². The van der Waals surface area contributed by atoms with E-state index in [1.165, 1.54) is 19.3 Å². The Bertz CT molecular complexity index is 547. The van der Waals surface area contributed by atoms with Gasteiger partial charge in [0.15, 0.2) is 0 Å². The molecule has 2 aliphatic carbocycles. The summed E-state index contributed by atoms with van der Waals surface area (Å²) in [5.74, 6) is 0.695. The standard InChI is InChI=1S/C17H24N2O/c1-16(2)11-8-9-17(3,10-11)15(16)19-14(20)12-6-4-5-7-13(12)18/h4-7,11,15H,8-10,18H2,1-3H3,(H,19,20). The molecule has 0 saturated heterocycles. The van der Waals surface area contributed by atoms with Crippen molar-refractivity contribution in [2.45, 2.75) is 46.1 Å². The van der Waals surface area contributed by atoms with Gasteiger partial charge in [-0.3, -0.25) is 4.79 Å². The number of rotatable bonds is 2. The van der Waals surface area contributed by atoms with Crippen molar-refractivity contribution in [3.8, 4) is 0 Å². The lowest BCUT2D eigenvalue weighted by molar-refractivity contribution is 0.0738. The number of para-hydroxylation sites is 1. The second-order valence-corrected chi connectivity index (χ2v) is 7.41. The molecule has 2 bridgehead atoms. The Labute approximate surface area is 120 Å². The highest BCUT2D eigenvalue weighted by molar-refractivity contribution is 5.99. The van der Waals surface area contributed by atoms with Crippen LogP contribution in [0.25, 0.3) is 0 Å². The molecule has 0 radical (unpaired) electrons. The fourth-order valence-electron chi connectivity index (χ4n) is 4.57. The van der Waals surface area contributed by atoms with Crippen molar-refractivity contribution >= 4 is 11.6 Å². The van der Waals surface area contributed by atoms with E-state index in [9.17, 15) is 4.79 Å². The zero-order valence-electron chi connectivity index (χ0n) is 12.6. The summed E-state index contributed by atoms with van der Waals surface area (Å²) in [4.78, 5) is 12.5. The van der Waals surface area contributed by atoms with Gasteiger partial charge in [-0.1, -0.05) is 32.9 Å². The van der Waals surface area contributed by atoms with Gasteiger partial charge in [-0.05, 0) is 48.1 Å². The topological polar surface area (TPSA) is 55.1 Å². The van der Waals surface area contributed by atoms with Crippen molar-refractivity contribution in [1.29, 1.82) is 0 Å². The molecule has 3 N–H and O–H groups in total. The highest BCUT2D eigenvalue weighted by Crippen LogP contribution is 2.62. The number of anilines is 1. The molecule has 0 aliphatic heterocycles. The molecule has 1 aromatic carbocycles. The first kappa shape index (κ1) is 13.5. The molecule has 0 spiro atoms. The van der Waals surface area contributed by atoms with Crippen LogP contribution in [-0.4, -0.2) is 11.9 Å². The number of nitrogens with two attached hydrogens (primary N) is 1.